The quantitative estimate of drug-likeness (QED) is 0.177. The zero-order valence-electron chi connectivity index (χ0n) is 24.5. The molecule has 4 aromatic heterocycles. The van der Waals surface area contributed by atoms with E-state index in [9.17, 15) is 4.79 Å². The molecule has 1 aromatic carbocycles. The predicted octanol–water partition coefficient (Wildman–Crippen LogP) is 7.13. The minimum atomic E-state index is -0.543. The number of esters is 1. The lowest BCUT2D eigenvalue weighted by Crippen LogP contribution is -2.31. The number of carbonyl (C=O) groups is 1. The third kappa shape index (κ3) is 5.76. The van der Waals surface area contributed by atoms with Gasteiger partial charge in [-0.3, -0.25) is 0 Å². The molecule has 0 fully saturated rings. The summed E-state index contributed by atoms with van der Waals surface area (Å²) in [4.78, 5) is 29.8. The van der Waals surface area contributed by atoms with E-state index in [4.69, 9.17) is 29.2 Å². The van der Waals surface area contributed by atoms with E-state index in [1.807, 2.05) is 65.9 Å². The number of aryl methyl sites for hydroxylation is 2. The van der Waals surface area contributed by atoms with E-state index in [1.165, 1.54) is 0 Å². The number of benzene rings is 1. The van der Waals surface area contributed by atoms with E-state index in [-0.39, 0.29) is 5.97 Å². The van der Waals surface area contributed by atoms with Gasteiger partial charge in [0.1, 0.15) is 38.7 Å². The Morgan fingerprint density at radius 2 is 1.81 bits per heavy atom. The molecule has 9 nitrogen and oxygen atoms in total. The van der Waals surface area contributed by atoms with Crippen molar-refractivity contribution in [2.45, 2.75) is 65.8 Å². The number of hydrogen-bond acceptors (Lipinski definition) is 11. The first-order chi connectivity index (χ1) is 19.9. The lowest BCUT2D eigenvalue weighted by Gasteiger charge is -2.29. The molecular weight excluding hydrogens is 591 g/mol. The van der Waals surface area contributed by atoms with Crippen LogP contribution in [0.3, 0.4) is 0 Å². The van der Waals surface area contributed by atoms with Crippen LogP contribution in [-0.2, 0) is 27.2 Å². The van der Waals surface area contributed by atoms with Crippen molar-refractivity contribution < 1.29 is 19.0 Å². The van der Waals surface area contributed by atoms with E-state index >= 15 is 0 Å². The molecule has 42 heavy (non-hydrogen) atoms. The van der Waals surface area contributed by atoms with Crippen LogP contribution in [0, 0.1) is 13.8 Å². The molecule has 1 aliphatic carbocycles. The maximum atomic E-state index is 12.4. The van der Waals surface area contributed by atoms with Gasteiger partial charge in [-0.25, -0.2) is 24.3 Å². The average molecular weight is 622 g/mol. The fraction of sp³-hybridized carbons (Fsp3) is 0.367. The Morgan fingerprint density at radius 1 is 1.05 bits per heavy atom. The molecule has 1 aliphatic rings. The summed E-state index contributed by atoms with van der Waals surface area (Å²) in [5.41, 5.74) is 2.95. The summed E-state index contributed by atoms with van der Waals surface area (Å²) >= 11 is 4.71. The second-order valence-electron chi connectivity index (χ2n) is 11.4. The van der Waals surface area contributed by atoms with E-state index in [1.54, 1.807) is 57.8 Å². The van der Waals surface area contributed by atoms with Crippen molar-refractivity contribution in [3.63, 3.8) is 0 Å². The highest BCUT2D eigenvalue weighted by atomic mass is 32.1. The molecule has 0 spiro atoms. The molecule has 1 unspecified atom stereocenters. The van der Waals surface area contributed by atoms with Crippen molar-refractivity contribution in [2.75, 3.05) is 7.11 Å². The Kier molecular flexibility index (Phi) is 7.28. The standard InChI is InChI=1S/C30H31N5O4S3/c1-16-22(32-25(40-16)18-8-10-19(11-9-18)27(36)39-29(3,4)5)15-38-23-13-30(6,37-7)12-20-24(23)42-26(31-20)21-14-35-28(33-21)41-17(2)34-35/h8-11,13-14H,12,15H2,1-7H3. The van der Waals surface area contributed by atoms with Gasteiger partial charge < -0.3 is 14.2 Å². The largest absolute Gasteiger partial charge is 0.486 e. The highest BCUT2D eigenvalue weighted by molar-refractivity contribution is 7.17. The predicted molar refractivity (Wildman–Crippen MR) is 166 cm³/mol. The van der Waals surface area contributed by atoms with E-state index in [0.717, 1.165) is 58.1 Å². The minimum Gasteiger partial charge on any atom is -0.486 e. The molecule has 0 N–H and O–H groups in total. The minimum absolute atomic E-state index is 0.306. The van der Waals surface area contributed by atoms with Gasteiger partial charge in [0.15, 0.2) is 0 Å². The molecule has 1 atom stereocenters. The second kappa shape index (κ2) is 10.7. The van der Waals surface area contributed by atoms with Gasteiger partial charge in [-0.2, -0.15) is 5.10 Å². The Labute approximate surface area is 255 Å². The summed E-state index contributed by atoms with van der Waals surface area (Å²) in [6, 6.07) is 7.35. The van der Waals surface area contributed by atoms with Crippen molar-refractivity contribution in [3.8, 4) is 21.3 Å². The lowest BCUT2D eigenvalue weighted by molar-refractivity contribution is 0.00694. The van der Waals surface area contributed by atoms with Gasteiger partial charge in [0, 0.05) is 24.0 Å². The van der Waals surface area contributed by atoms with Crippen molar-refractivity contribution in [2.24, 2.45) is 0 Å². The number of imidazole rings is 1. The van der Waals surface area contributed by atoms with Crippen molar-refractivity contribution in [1.29, 1.82) is 0 Å². The topological polar surface area (TPSA) is 101 Å². The average Bonchev–Trinajstić information content (AvgIpc) is 3.68. The van der Waals surface area contributed by atoms with Crippen LogP contribution in [0.25, 0.3) is 32.0 Å². The van der Waals surface area contributed by atoms with E-state index in [2.05, 4.69) is 5.10 Å². The monoisotopic (exact) mass is 621 g/mol. The van der Waals surface area contributed by atoms with Crippen molar-refractivity contribution in [3.05, 3.63) is 68.3 Å². The lowest BCUT2D eigenvalue weighted by atomic mass is 9.93. The number of fused-ring (bicyclic) bond motifs is 2. The number of rotatable bonds is 7. The van der Waals surface area contributed by atoms with Crippen LogP contribution in [0.4, 0.5) is 0 Å². The molecule has 0 bridgehead atoms. The third-order valence-corrected chi connectivity index (χ3v) is 9.76. The smallest absolute Gasteiger partial charge is 0.338 e. The second-order valence-corrected chi connectivity index (χ2v) is 14.7. The summed E-state index contributed by atoms with van der Waals surface area (Å²) in [6.07, 6.45) is 4.59. The summed E-state index contributed by atoms with van der Waals surface area (Å²) in [5.74, 6) is 0.391. The van der Waals surface area contributed by atoms with E-state index in [0.29, 0.717) is 18.6 Å². The molecule has 0 saturated heterocycles. The maximum Gasteiger partial charge on any atom is 0.338 e. The Bertz CT molecular complexity index is 1790. The van der Waals surface area contributed by atoms with Crippen molar-refractivity contribution >= 4 is 50.7 Å². The zero-order valence-corrected chi connectivity index (χ0v) is 26.9. The van der Waals surface area contributed by atoms with Crippen LogP contribution >= 0.6 is 34.0 Å². The van der Waals surface area contributed by atoms with E-state index < -0.39 is 11.2 Å². The fourth-order valence-corrected chi connectivity index (χ4v) is 7.21. The van der Waals surface area contributed by atoms with Gasteiger partial charge in [0.05, 0.1) is 33.6 Å². The highest BCUT2D eigenvalue weighted by Crippen LogP contribution is 2.41. The molecule has 0 amide bonds. The molecule has 0 aliphatic heterocycles. The maximum absolute atomic E-state index is 12.4. The fourth-order valence-electron chi connectivity index (χ4n) is 4.56. The Balaban J connectivity index is 1.22. The van der Waals surface area contributed by atoms with Gasteiger partial charge in [-0.15, -0.1) is 22.7 Å². The normalized spacial score (nSPS) is 16.9. The first-order valence-electron chi connectivity index (χ1n) is 13.4. The molecule has 4 heterocycles. The highest BCUT2D eigenvalue weighted by Gasteiger charge is 2.34. The number of hydrogen-bond donors (Lipinski definition) is 0. The molecule has 0 saturated carbocycles. The Morgan fingerprint density at radius 3 is 2.50 bits per heavy atom. The van der Waals surface area contributed by atoms with Crippen LogP contribution < -0.4 is 0 Å². The number of thiazole rings is 2. The van der Waals surface area contributed by atoms with Gasteiger partial charge in [-0.05, 0) is 59.8 Å². The summed E-state index contributed by atoms with van der Waals surface area (Å²) in [7, 11) is 1.70. The zero-order chi connectivity index (χ0) is 29.8. The van der Waals surface area contributed by atoms with Crippen LogP contribution in [0.2, 0.25) is 0 Å². The molecular formula is C30H31N5O4S3. The summed E-state index contributed by atoms with van der Waals surface area (Å²) in [6.45, 7) is 11.9. The van der Waals surface area contributed by atoms with Gasteiger partial charge in [-0.1, -0.05) is 23.5 Å². The first-order valence-corrected chi connectivity index (χ1v) is 15.9. The molecule has 0 radical (unpaired) electrons. The molecule has 218 valence electrons. The van der Waals surface area contributed by atoms with Crippen LogP contribution in [0.5, 0.6) is 0 Å². The first kappa shape index (κ1) is 28.7. The Hall–Kier alpha value is -3.45. The molecule has 5 aromatic rings. The number of ether oxygens (including phenoxy) is 3. The van der Waals surface area contributed by atoms with Crippen LogP contribution in [-0.4, -0.2) is 48.8 Å². The summed E-state index contributed by atoms with van der Waals surface area (Å²) < 4.78 is 19.6. The van der Waals surface area contributed by atoms with Crippen LogP contribution in [0.1, 0.15) is 64.2 Å². The van der Waals surface area contributed by atoms with Crippen molar-refractivity contribution in [1.82, 2.24) is 24.6 Å². The number of carbonyl (C=O) groups excluding carboxylic acids is 1. The van der Waals surface area contributed by atoms with Gasteiger partial charge >= 0.3 is 5.97 Å². The number of methoxy groups -OCH3 is 1. The molecule has 6 rings (SSSR count). The third-order valence-electron chi connectivity index (χ3n) is 6.73. The molecule has 12 heteroatoms. The van der Waals surface area contributed by atoms with Gasteiger partial charge in [0.2, 0.25) is 4.96 Å². The van der Waals surface area contributed by atoms with Crippen LogP contribution in [0.15, 0.2) is 36.5 Å². The number of aromatic nitrogens is 5. The van der Waals surface area contributed by atoms with Gasteiger partial charge in [0.25, 0.3) is 0 Å². The number of nitrogens with zero attached hydrogens (tertiary/aromatic N) is 5. The SMILES string of the molecule is COC1(C)C=C(OCc2nc(-c3ccc(C(=O)OC(C)(C)C)cc3)sc2C)c2sc(-c3cn4nc(C)sc4n3)nc2C1. The summed E-state index contributed by atoms with van der Waals surface area (Å²) in [5, 5.41) is 7.14.